The van der Waals surface area contributed by atoms with E-state index in [-0.39, 0.29) is 36.3 Å². The molecule has 2 saturated heterocycles. The van der Waals surface area contributed by atoms with E-state index in [0.29, 0.717) is 0 Å². The molecule has 2 fully saturated rings. The van der Waals surface area contributed by atoms with Crippen LogP contribution in [0.4, 0.5) is 0 Å². The molecule has 1 aromatic heterocycles. The lowest BCUT2D eigenvalue weighted by Crippen LogP contribution is -2.38. The summed E-state index contributed by atoms with van der Waals surface area (Å²) in [6.07, 6.45) is 5.22. The lowest BCUT2D eigenvalue weighted by Gasteiger charge is -2.23. The predicted molar refractivity (Wildman–Crippen MR) is 69.2 cm³/mol. The lowest BCUT2D eigenvalue weighted by molar-refractivity contribution is -0.144. The SMILES string of the molecule is C[C@@]12C=C[C@@H](O1)[C@@H]1C(=O)N(Cc3ccccn3)C(=O)[C@@H]12. The van der Waals surface area contributed by atoms with Crippen LogP contribution in [-0.2, 0) is 20.9 Å². The Kier molecular flexibility index (Phi) is 2.22. The first-order valence-electron chi connectivity index (χ1n) is 6.72. The van der Waals surface area contributed by atoms with Gasteiger partial charge in [-0.2, -0.15) is 0 Å². The van der Waals surface area contributed by atoms with E-state index < -0.39 is 5.60 Å². The fourth-order valence-corrected chi connectivity index (χ4v) is 3.52. The van der Waals surface area contributed by atoms with Crippen molar-refractivity contribution in [2.75, 3.05) is 0 Å². The summed E-state index contributed by atoms with van der Waals surface area (Å²) in [5.74, 6) is -1.02. The number of likely N-dealkylation sites (tertiary alicyclic amines) is 1. The summed E-state index contributed by atoms with van der Waals surface area (Å²) >= 11 is 0. The van der Waals surface area contributed by atoms with E-state index in [9.17, 15) is 9.59 Å². The molecule has 1 aromatic rings. The van der Waals surface area contributed by atoms with Gasteiger partial charge in [-0.15, -0.1) is 0 Å². The maximum Gasteiger partial charge on any atom is 0.236 e. The quantitative estimate of drug-likeness (QED) is 0.592. The molecule has 0 aromatic carbocycles. The number of nitrogens with zero attached hydrogens (tertiary/aromatic N) is 2. The highest BCUT2D eigenvalue weighted by molar-refractivity contribution is 6.07. The van der Waals surface area contributed by atoms with Crippen molar-refractivity contribution in [2.24, 2.45) is 11.8 Å². The van der Waals surface area contributed by atoms with Crippen LogP contribution < -0.4 is 0 Å². The first kappa shape index (κ1) is 11.8. The number of carbonyl (C=O) groups is 2. The Labute approximate surface area is 116 Å². The third-order valence-electron chi connectivity index (χ3n) is 4.47. The van der Waals surface area contributed by atoms with Gasteiger partial charge in [0.15, 0.2) is 0 Å². The molecule has 0 N–H and O–H groups in total. The van der Waals surface area contributed by atoms with Gasteiger partial charge in [-0.25, -0.2) is 0 Å². The number of ether oxygens (including phenoxy) is 1. The molecule has 102 valence electrons. The van der Waals surface area contributed by atoms with Crippen molar-refractivity contribution in [2.45, 2.75) is 25.2 Å². The second-order valence-electron chi connectivity index (χ2n) is 5.71. The number of hydrogen-bond acceptors (Lipinski definition) is 4. The van der Waals surface area contributed by atoms with Crippen LogP contribution in [0.2, 0.25) is 0 Å². The summed E-state index contributed by atoms with van der Waals surface area (Å²) in [5.41, 5.74) is 0.0987. The lowest BCUT2D eigenvalue weighted by atomic mass is 9.78. The molecule has 0 radical (unpaired) electrons. The van der Waals surface area contributed by atoms with Crippen LogP contribution in [-0.4, -0.2) is 33.4 Å². The van der Waals surface area contributed by atoms with Crippen LogP contribution in [0.15, 0.2) is 36.5 Å². The molecule has 0 unspecified atom stereocenters. The second-order valence-corrected chi connectivity index (χ2v) is 5.71. The molecular formula is C15H14N2O3. The fraction of sp³-hybridized carbons (Fsp3) is 0.400. The summed E-state index contributed by atoms with van der Waals surface area (Å²) in [5, 5.41) is 0. The highest BCUT2D eigenvalue weighted by Gasteiger charge is 2.65. The third-order valence-corrected chi connectivity index (χ3v) is 4.47. The summed E-state index contributed by atoms with van der Waals surface area (Å²) in [7, 11) is 0. The van der Waals surface area contributed by atoms with E-state index in [1.54, 1.807) is 6.20 Å². The van der Waals surface area contributed by atoms with Crippen LogP contribution in [0.3, 0.4) is 0 Å². The van der Waals surface area contributed by atoms with E-state index in [2.05, 4.69) is 4.98 Å². The standard InChI is InChI=1S/C15H14N2O3/c1-15-6-5-10(20-15)11-12(15)14(19)17(13(11)18)8-9-4-2-3-7-16-9/h2-7,10-12H,8H2,1H3/t10-,11+,12-,15+/m1/s1. The normalized spacial score (nSPS) is 37.9. The summed E-state index contributed by atoms with van der Waals surface area (Å²) in [6, 6.07) is 5.48. The van der Waals surface area contributed by atoms with Crippen LogP contribution in [0, 0.1) is 11.8 Å². The van der Waals surface area contributed by atoms with Crippen molar-refractivity contribution >= 4 is 11.8 Å². The van der Waals surface area contributed by atoms with Gasteiger partial charge in [0.1, 0.15) is 0 Å². The average molecular weight is 270 g/mol. The number of fused-ring (bicyclic) bond motifs is 5. The molecule has 0 aliphatic carbocycles. The minimum absolute atomic E-state index is 0.135. The molecule has 5 heteroatoms. The van der Waals surface area contributed by atoms with Crippen molar-refractivity contribution in [3.63, 3.8) is 0 Å². The molecule has 0 saturated carbocycles. The van der Waals surface area contributed by atoms with E-state index in [1.165, 1.54) is 4.90 Å². The van der Waals surface area contributed by atoms with Crippen molar-refractivity contribution < 1.29 is 14.3 Å². The van der Waals surface area contributed by atoms with E-state index in [0.717, 1.165) is 5.69 Å². The molecule has 4 heterocycles. The van der Waals surface area contributed by atoms with Crippen LogP contribution in [0.25, 0.3) is 0 Å². The summed E-state index contributed by atoms with van der Waals surface area (Å²) in [6.45, 7) is 2.12. The van der Waals surface area contributed by atoms with Gasteiger partial charge < -0.3 is 4.74 Å². The van der Waals surface area contributed by atoms with E-state index in [1.807, 2.05) is 37.3 Å². The highest BCUT2D eigenvalue weighted by Crippen LogP contribution is 2.51. The maximum absolute atomic E-state index is 12.6. The summed E-state index contributed by atoms with van der Waals surface area (Å²) < 4.78 is 5.77. The Hall–Kier alpha value is -2.01. The first-order valence-corrected chi connectivity index (χ1v) is 6.72. The minimum Gasteiger partial charge on any atom is -0.362 e. The first-order chi connectivity index (χ1) is 9.60. The van der Waals surface area contributed by atoms with Crippen molar-refractivity contribution in [3.05, 3.63) is 42.2 Å². The molecule has 0 spiro atoms. The monoisotopic (exact) mass is 270 g/mol. The van der Waals surface area contributed by atoms with Crippen molar-refractivity contribution in [3.8, 4) is 0 Å². The van der Waals surface area contributed by atoms with Gasteiger partial charge in [0.05, 0.1) is 35.8 Å². The Balaban J connectivity index is 1.66. The molecular weight excluding hydrogens is 256 g/mol. The van der Waals surface area contributed by atoms with Gasteiger partial charge >= 0.3 is 0 Å². The molecule has 3 aliphatic rings. The smallest absolute Gasteiger partial charge is 0.236 e. The predicted octanol–water partition coefficient (Wildman–Crippen LogP) is 0.910. The Morgan fingerprint density at radius 2 is 2.20 bits per heavy atom. The Morgan fingerprint density at radius 3 is 2.90 bits per heavy atom. The van der Waals surface area contributed by atoms with Gasteiger partial charge in [0, 0.05) is 6.20 Å². The third kappa shape index (κ3) is 1.38. The zero-order valence-corrected chi connectivity index (χ0v) is 11.0. The zero-order chi connectivity index (χ0) is 13.9. The van der Waals surface area contributed by atoms with Crippen molar-refractivity contribution in [1.82, 2.24) is 9.88 Å². The Morgan fingerprint density at radius 1 is 1.35 bits per heavy atom. The van der Waals surface area contributed by atoms with Gasteiger partial charge in [0.25, 0.3) is 0 Å². The van der Waals surface area contributed by atoms with E-state index in [4.69, 9.17) is 4.74 Å². The molecule has 4 rings (SSSR count). The highest BCUT2D eigenvalue weighted by atomic mass is 16.5. The summed E-state index contributed by atoms with van der Waals surface area (Å²) in [4.78, 5) is 30.6. The van der Waals surface area contributed by atoms with Crippen molar-refractivity contribution in [1.29, 1.82) is 0 Å². The van der Waals surface area contributed by atoms with Gasteiger partial charge in [0.2, 0.25) is 11.8 Å². The fourth-order valence-electron chi connectivity index (χ4n) is 3.52. The largest absolute Gasteiger partial charge is 0.362 e. The topological polar surface area (TPSA) is 59.5 Å². The number of rotatable bonds is 2. The average Bonchev–Trinajstić information content (AvgIpc) is 3.04. The number of amides is 2. The van der Waals surface area contributed by atoms with Gasteiger partial charge in [-0.1, -0.05) is 18.2 Å². The number of pyridine rings is 1. The molecule has 2 bridgehead atoms. The van der Waals surface area contributed by atoms with Crippen LogP contribution >= 0.6 is 0 Å². The maximum atomic E-state index is 12.6. The second kappa shape index (κ2) is 3.76. The number of imide groups is 1. The van der Waals surface area contributed by atoms with Gasteiger partial charge in [-0.05, 0) is 19.1 Å². The minimum atomic E-state index is -0.624. The van der Waals surface area contributed by atoms with Gasteiger partial charge in [-0.3, -0.25) is 19.5 Å². The molecule has 20 heavy (non-hydrogen) atoms. The molecule has 4 atom stereocenters. The number of hydrogen-bond donors (Lipinski definition) is 0. The molecule has 2 amide bonds. The zero-order valence-electron chi connectivity index (χ0n) is 11.0. The van der Waals surface area contributed by atoms with Crippen LogP contribution in [0.1, 0.15) is 12.6 Å². The molecule has 5 nitrogen and oxygen atoms in total. The Bertz CT molecular complexity index is 627. The number of aromatic nitrogens is 1. The van der Waals surface area contributed by atoms with Crippen LogP contribution in [0.5, 0.6) is 0 Å². The van der Waals surface area contributed by atoms with E-state index >= 15 is 0 Å². The number of carbonyl (C=O) groups excluding carboxylic acids is 2. The molecule has 3 aliphatic heterocycles.